The number of aromatic nitrogens is 2. The van der Waals surface area contributed by atoms with E-state index in [1.165, 1.54) is 37.8 Å². The van der Waals surface area contributed by atoms with Gasteiger partial charge in [-0.05, 0) is 42.9 Å². The van der Waals surface area contributed by atoms with Gasteiger partial charge in [0.15, 0.2) is 0 Å². The van der Waals surface area contributed by atoms with Crippen LogP contribution in [0.4, 0.5) is 8.78 Å². The Labute approximate surface area is 243 Å². The van der Waals surface area contributed by atoms with Crippen molar-refractivity contribution in [1.82, 2.24) is 14.5 Å². The number of hydrogen-bond donors (Lipinski definition) is 0. The minimum Gasteiger partial charge on any atom is -0.435 e. The van der Waals surface area contributed by atoms with E-state index >= 15 is 0 Å². The van der Waals surface area contributed by atoms with Gasteiger partial charge in [-0.1, -0.05) is 105 Å². The maximum atomic E-state index is 12.7. The molecule has 0 spiro atoms. The van der Waals surface area contributed by atoms with Gasteiger partial charge in [0.25, 0.3) is 0 Å². The van der Waals surface area contributed by atoms with Crippen LogP contribution < -0.4 is 4.74 Å². The van der Waals surface area contributed by atoms with Crippen LogP contribution in [0.15, 0.2) is 84.9 Å². The average Bonchev–Trinajstić information content (AvgIpc) is 3.36. The summed E-state index contributed by atoms with van der Waals surface area (Å²) in [5.41, 5.74) is 5.61. The predicted octanol–water partition coefficient (Wildman–Crippen LogP) is 9.20. The number of unbranched alkanes of at least 4 members (excludes halogenated alkanes) is 1. The number of halogens is 2. The topological polar surface area (TPSA) is 30.3 Å². The van der Waals surface area contributed by atoms with Crippen LogP contribution in [0, 0.1) is 5.92 Å². The smallest absolute Gasteiger partial charge is 0.387 e. The molecule has 216 valence electrons. The summed E-state index contributed by atoms with van der Waals surface area (Å²) in [5, 5.41) is 0. The Morgan fingerprint density at radius 3 is 2.15 bits per heavy atom. The lowest BCUT2D eigenvalue weighted by atomic mass is 9.89. The molecule has 4 aromatic rings. The summed E-state index contributed by atoms with van der Waals surface area (Å²) in [6.07, 6.45) is 8.60. The molecule has 0 aliphatic heterocycles. The molecule has 1 saturated carbocycles. The zero-order chi connectivity index (χ0) is 28.4. The van der Waals surface area contributed by atoms with Gasteiger partial charge in [-0.25, -0.2) is 4.98 Å². The average molecular weight is 558 g/mol. The maximum Gasteiger partial charge on any atom is 0.387 e. The summed E-state index contributed by atoms with van der Waals surface area (Å²) in [5.74, 6) is 1.86. The van der Waals surface area contributed by atoms with Crippen LogP contribution in [0.1, 0.15) is 63.1 Å². The van der Waals surface area contributed by atoms with Gasteiger partial charge in [0.1, 0.15) is 11.6 Å². The van der Waals surface area contributed by atoms with Crippen LogP contribution in [0.2, 0.25) is 0 Å². The van der Waals surface area contributed by atoms with Gasteiger partial charge in [0.2, 0.25) is 0 Å². The molecule has 0 atom stereocenters. The number of ether oxygens (including phenoxy) is 1. The highest BCUT2D eigenvalue weighted by Gasteiger charge is 2.24. The fourth-order valence-corrected chi connectivity index (χ4v) is 6.00. The molecular weight excluding hydrogens is 516 g/mol. The van der Waals surface area contributed by atoms with Gasteiger partial charge >= 0.3 is 6.61 Å². The number of alkyl halides is 2. The molecule has 41 heavy (non-hydrogen) atoms. The summed E-state index contributed by atoms with van der Waals surface area (Å²) in [6, 6.07) is 28.1. The Morgan fingerprint density at radius 2 is 1.51 bits per heavy atom. The molecule has 0 radical (unpaired) electrons. The zero-order valence-corrected chi connectivity index (χ0v) is 24.0. The molecule has 1 aliphatic carbocycles. The summed E-state index contributed by atoms with van der Waals surface area (Å²) in [7, 11) is 0. The number of hydrogen-bond acceptors (Lipinski definition) is 3. The first-order valence-electron chi connectivity index (χ1n) is 15.1. The third-order valence-corrected chi connectivity index (χ3v) is 8.06. The molecule has 6 heteroatoms. The van der Waals surface area contributed by atoms with Crippen LogP contribution in [-0.4, -0.2) is 27.6 Å². The molecule has 0 amide bonds. The van der Waals surface area contributed by atoms with Crippen molar-refractivity contribution in [1.29, 1.82) is 0 Å². The van der Waals surface area contributed by atoms with Crippen molar-refractivity contribution in [2.45, 2.75) is 78.1 Å². The number of benzene rings is 3. The molecule has 1 heterocycles. The normalized spacial score (nSPS) is 14.2. The van der Waals surface area contributed by atoms with E-state index in [2.05, 4.69) is 69.7 Å². The molecule has 1 fully saturated rings. The van der Waals surface area contributed by atoms with Gasteiger partial charge in [0, 0.05) is 37.3 Å². The minimum atomic E-state index is -2.82. The molecule has 3 aromatic carbocycles. The third kappa shape index (κ3) is 7.82. The van der Waals surface area contributed by atoms with Crippen LogP contribution in [0.3, 0.4) is 0 Å². The fourth-order valence-electron chi connectivity index (χ4n) is 6.00. The van der Waals surface area contributed by atoms with E-state index in [1.54, 1.807) is 12.1 Å². The second-order valence-electron chi connectivity index (χ2n) is 11.2. The lowest BCUT2D eigenvalue weighted by Gasteiger charge is -2.30. The van der Waals surface area contributed by atoms with Crippen molar-refractivity contribution >= 4 is 0 Å². The Bertz CT molecular complexity index is 1330. The Hall–Kier alpha value is -3.51. The summed E-state index contributed by atoms with van der Waals surface area (Å²) in [4.78, 5) is 7.84. The molecular formula is C35H41F2N3O. The molecule has 1 aliphatic rings. The highest BCUT2D eigenvalue weighted by Crippen LogP contribution is 2.33. The molecule has 0 saturated heterocycles. The van der Waals surface area contributed by atoms with E-state index in [0.29, 0.717) is 5.92 Å². The highest BCUT2D eigenvalue weighted by atomic mass is 19.3. The molecule has 0 N–H and O–H groups in total. The first-order valence-corrected chi connectivity index (χ1v) is 15.1. The first kappa shape index (κ1) is 29.0. The summed E-state index contributed by atoms with van der Waals surface area (Å²) >= 11 is 0. The van der Waals surface area contributed by atoms with E-state index in [-0.39, 0.29) is 5.75 Å². The molecule has 1 aromatic heterocycles. The predicted molar refractivity (Wildman–Crippen MR) is 162 cm³/mol. The van der Waals surface area contributed by atoms with Crippen LogP contribution in [0.5, 0.6) is 5.75 Å². The van der Waals surface area contributed by atoms with E-state index in [0.717, 1.165) is 67.2 Å². The van der Waals surface area contributed by atoms with Crippen LogP contribution >= 0.6 is 0 Å². The van der Waals surface area contributed by atoms with Gasteiger partial charge in [-0.2, -0.15) is 8.78 Å². The standard InChI is InChI=1S/C35H41F2N3O/c1-2-3-23-40-32(33(29-15-9-5-10-16-29)38-34(40)30-17-11-6-12-18-30)26-39(24-27-13-7-4-8-14-27)25-28-19-21-31(22-20-28)41-35(36)37/h5-6,9-12,15-22,27,35H,2-4,7-8,13-14,23-26H2,1H3. The van der Waals surface area contributed by atoms with E-state index in [4.69, 9.17) is 4.98 Å². The van der Waals surface area contributed by atoms with Crippen molar-refractivity contribution in [3.8, 4) is 28.4 Å². The second kappa shape index (κ2) is 14.4. The minimum absolute atomic E-state index is 0.194. The van der Waals surface area contributed by atoms with Crippen LogP contribution in [0.25, 0.3) is 22.6 Å². The first-order chi connectivity index (χ1) is 20.1. The third-order valence-electron chi connectivity index (χ3n) is 8.06. The van der Waals surface area contributed by atoms with Gasteiger partial charge in [0.05, 0.1) is 11.4 Å². The lowest BCUT2D eigenvalue weighted by molar-refractivity contribution is -0.0498. The Balaban J connectivity index is 1.53. The van der Waals surface area contributed by atoms with Crippen molar-refractivity contribution in [3.05, 3.63) is 96.2 Å². The monoisotopic (exact) mass is 557 g/mol. The lowest BCUT2D eigenvalue weighted by Crippen LogP contribution is -2.31. The number of imidazole rings is 1. The highest BCUT2D eigenvalue weighted by molar-refractivity contribution is 5.68. The van der Waals surface area contributed by atoms with E-state index in [9.17, 15) is 8.78 Å². The van der Waals surface area contributed by atoms with Crippen molar-refractivity contribution in [2.75, 3.05) is 6.54 Å². The van der Waals surface area contributed by atoms with Crippen LogP contribution in [-0.2, 0) is 19.6 Å². The van der Waals surface area contributed by atoms with Crippen molar-refractivity contribution < 1.29 is 13.5 Å². The Kier molecular flexibility index (Phi) is 10.2. The summed E-state index contributed by atoms with van der Waals surface area (Å²) < 4.78 is 32.5. The second-order valence-corrected chi connectivity index (χ2v) is 11.2. The van der Waals surface area contributed by atoms with Crippen molar-refractivity contribution in [3.63, 3.8) is 0 Å². The quantitative estimate of drug-likeness (QED) is 0.164. The SMILES string of the molecule is CCCCn1c(-c2ccccc2)nc(-c2ccccc2)c1CN(Cc1ccc(OC(F)F)cc1)CC1CCCCC1. The summed E-state index contributed by atoms with van der Waals surface area (Å²) in [6.45, 7) is 2.82. The maximum absolute atomic E-state index is 12.7. The largest absolute Gasteiger partial charge is 0.435 e. The Morgan fingerprint density at radius 1 is 0.854 bits per heavy atom. The van der Waals surface area contributed by atoms with Gasteiger partial charge < -0.3 is 9.30 Å². The van der Waals surface area contributed by atoms with Gasteiger partial charge in [-0.15, -0.1) is 0 Å². The fraction of sp³-hybridized carbons (Fsp3) is 0.400. The van der Waals surface area contributed by atoms with Gasteiger partial charge in [-0.3, -0.25) is 4.90 Å². The van der Waals surface area contributed by atoms with Crippen molar-refractivity contribution in [2.24, 2.45) is 5.92 Å². The zero-order valence-electron chi connectivity index (χ0n) is 24.0. The number of nitrogens with zero attached hydrogens (tertiary/aromatic N) is 3. The molecule has 0 unspecified atom stereocenters. The number of rotatable bonds is 13. The van der Waals surface area contributed by atoms with E-state index < -0.39 is 6.61 Å². The molecule has 5 rings (SSSR count). The molecule has 0 bridgehead atoms. The molecule has 4 nitrogen and oxygen atoms in total. The van der Waals surface area contributed by atoms with E-state index in [1.807, 2.05) is 24.3 Å².